The van der Waals surface area contributed by atoms with Crippen LogP contribution in [0.1, 0.15) is 23.2 Å². The average Bonchev–Trinajstić information content (AvgIpc) is 2.82. The van der Waals surface area contributed by atoms with Gasteiger partial charge in [0.1, 0.15) is 6.04 Å². The number of carboxylic acid groups (broad SMARTS) is 1. The lowest BCUT2D eigenvalue weighted by Gasteiger charge is -2.22. The van der Waals surface area contributed by atoms with Crippen LogP contribution in [0.25, 0.3) is 0 Å². The number of hydrogen-bond acceptors (Lipinski definition) is 2. The van der Waals surface area contributed by atoms with E-state index < -0.39 is 29.6 Å². The fourth-order valence-electron chi connectivity index (χ4n) is 2.11. The Morgan fingerprint density at radius 3 is 2.58 bits per heavy atom. The highest BCUT2D eigenvalue weighted by Gasteiger charge is 2.35. The molecule has 1 aliphatic rings. The first-order chi connectivity index (χ1) is 8.91. The van der Waals surface area contributed by atoms with E-state index in [-0.39, 0.29) is 17.1 Å². The predicted molar refractivity (Wildman–Crippen MR) is 63.1 cm³/mol. The highest BCUT2D eigenvalue weighted by atomic mass is 35.5. The Morgan fingerprint density at radius 2 is 1.95 bits per heavy atom. The van der Waals surface area contributed by atoms with Crippen molar-refractivity contribution in [1.82, 2.24) is 4.90 Å². The van der Waals surface area contributed by atoms with Crippen LogP contribution in [-0.4, -0.2) is 34.5 Å². The maximum absolute atomic E-state index is 13.1. The topological polar surface area (TPSA) is 57.6 Å². The molecule has 1 aliphatic heterocycles. The summed E-state index contributed by atoms with van der Waals surface area (Å²) >= 11 is 5.70. The van der Waals surface area contributed by atoms with E-state index in [2.05, 4.69) is 0 Å². The second-order valence-electron chi connectivity index (χ2n) is 4.24. The molecule has 0 saturated carbocycles. The number of nitrogens with zero attached hydrogens (tertiary/aromatic N) is 1. The van der Waals surface area contributed by atoms with E-state index in [9.17, 15) is 18.4 Å². The molecule has 0 aromatic heterocycles. The molecule has 0 spiro atoms. The Kier molecular flexibility index (Phi) is 3.71. The number of likely N-dealkylation sites (tertiary alicyclic amines) is 1. The molecule has 4 nitrogen and oxygen atoms in total. The minimum Gasteiger partial charge on any atom is -0.480 e. The van der Waals surface area contributed by atoms with Gasteiger partial charge in [-0.1, -0.05) is 11.6 Å². The number of aliphatic carboxylic acids is 1. The van der Waals surface area contributed by atoms with Crippen molar-refractivity contribution in [2.75, 3.05) is 6.54 Å². The summed E-state index contributed by atoms with van der Waals surface area (Å²) < 4.78 is 26.1. The molecular formula is C12H10ClF2NO3. The van der Waals surface area contributed by atoms with E-state index in [4.69, 9.17) is 16.7 Å². The van der Waals surface area contributed by atoms with Gasteiger partial charge < -0.3 is 10.0 Å². The van der Waals surface area contributed by atoms with Crippen molar-refractivity contribution >= 4 is 23.5 Å². The lowest BCUT2D eigenvalue weighted by Crippen LogP contribution is -2.40. The SMILES string of the molecule is O=C(O)C1CCCN1C(=O)c1cc(F)c(F)cc1Cl. The van der Waals surface area contributed by atoms with Gasteiger partial charge >= 0.3 is 5.97 Å². The van der Waals surface area contributed by atoms with Crippen LogP contribution in [0.5, 0.6) is 0 Å². The zero-order valence-corrected chi connectivity index (χ0v) is 10.5. The molecular weight excluding hydrogens is 280 g/mol. The molecule has 1 saturated heterocycles. The van der Waals surface area contributed by atoms with E-state index in [0.717, 1.165) is 4.90 Å². The summed E-state index contributed by atoms with van der Waals surface area (Å²) in [6, 6.07) is 0.449. The van der Waals surface area contributed by atoms with Gasteiger partial charge in [0.05, 0.1) is 10.6 Å². The maximum Gasteiger partial charge on any atom is 0.326 e. The second-order valence-corrected chi connectivity index (χ2v) is 4.65. The molecule has 2 rings (SSSR count). The zero-order valence-electron chi connectivity index (χ0n) is 9.70. The first-order valence-corrected chi connectivity index (χ1v) is 5.98. The van der Waals surface area contributed by atoms with Crippen LogP contribution in [0.4, 0.5) is 8.78 Å². The highest BCUT2D eigenvalue weighted by molar-refractivity contribution is 6.33. The molecule has 1 fully saturated rings. The summed E-state index contributed by atoms with van der Waals surface area (Å²) in [5, 5.41) is 8.75. The van der Waals surface area contributed by atoms with Gasteiger partial charge in [0.2, 0.25) is 0 Å². The van der Waals surface area contributed by atoms with Crippen molar-refractivity contribution in [3.05, 3.63) is 34.4 Å². The number of amides is 1. The standard InChI is InChI=1S/C12H10ClF2NO3/c13-7-5-9(15)8(14)4-6(7)11(17)16-3-1-2-10(16)12(18)19/h4-5,10H,1-3H2,(H,18,19). The van der Waals surface area contributed by atoms with Gasteiger partial charge in [-0.25, -0.2) is 13.6 Å². The van der Waals surface area contributed by atoms with E-state index in [1.165, 1.54) is 0 Å². The third-order valence-electron chi connectivity index (χ3n) is 3.04. The Labute approximate surface area is 112 Å². The monoisotopic (exact) mass is 289 g/mol. The van der Waals surface area contributed by atoms with E-state index in [1.807, 2.05) is 0 Å². The molecule has 19 heavy (non-hydrogen) atoms. The number of carboxylic acids is 1. The van der Waals surface area contributed by atoms with Gasteiger partial charge in [-0.15, -0.1) is 0 Å². The van der Waals surface area contributed by atoms with Gasteiger partial charge in [-0.3, -0.25) is 4.79 Å². The lowest BCUT2D eigenvalue weighted by molar-refractivity contribution is -0.141. The minimum absolute atomic E-state index is 0.228. The molecule has 1 atom stereocenters. The molecule has 1 aromatic rings. The van der Waals surface area contributed by atoms with Crippen molar-refractivity contribution in [3.63, 3.8) is 0 Å². The van der Waals surface area contributed by atoms with Crippen LogP contribution in [-0.2, 0) is 4.79 Å². The number of rotatable bonds is 2. The number of carbonyl (C=O) groups excluding carboxylic acids is 1. The fraction of sp³-hybridized carbons (Fsp3) is 0.333. The second kappa shape index (κ2) is 5.13. The summed E-state index contributed by atoms with van der Waals surface area (Å²) in [5.41, 5.74) is -0.228. The summed E-state index contributed by atoms with van der Waals surface area (Å²) in [4.78, 5) is 24.2. The summed E-state index contributed by atoms with van der Waals surface area (Å²) in [5.74, 6) is -4.17. The Hall–Kier alpha value is -1.69. The van der Waals surface area contributed by atoms with Crippen molar-refractivity contribution in [3.8, 4) is 0 Å². The first kappa shape index (κ1) is 13.7. The van der Waals surface area contributed by atoms with Gasteiger partial charge in [0.15, 0.2) is 11.6 Å². The van der Waals surface area contributed by atoms with Crippen LogP contribution >= 0.6 is 11.6 Å². The van der Waals surface area contributed by atoms with Crippen LogP contribution in [0.2, 0.25) is 5.02 Å². The first-order valence-electron chi connectivity index (χ1n) is 5.60. The third kappa shape index (κ3) is 2.53. The fourth-order valence-corrected chi connectivity index (χ4v) is 2.34. The number of halogens is 3. The quantitative estimate of drug-likeness (QED) is 0.850. The van der Waals surface area contributed by atoms with Gasteiger partial charge in [-0.2, -0.15) is 0 Å². The average molecular weight is 290 g/mol. The van der Waals surface area contributed by atoms with E-state index in [1.54, 1.807) is 0 Å². The number of carbonyl (C=O) groups is 2. The van der Waals surface area contributed by atoms with E-state index >= 15 is 0 Å². The molecule has 1 N–H and O–H groups in total. The normalized spacial score (nSPS) is 18.7. The minimum atomic E-state index is -1.20. The van der Waals surface area contributed by atoms with Crippen LogP contribution in [0.15, 0.2) is 12.1 Å². The van der Waals surface area contributed by atoms with Gasteiger partial charge in [0.25, 0.3) is 5.91 Å². The molecule has 102 valence electrons. The summed E-state index contributed by atoms with van der Waals surface area (Å²) in [6.07, 6.45) is 0.881. The molecule has 7 heteroatoms. The molecule has 1 amide bonds. The molecule has 1 aromatic carbocycles. The Bertz CT molecular complexity index is 550. The number of benzene rings is 1. The van der Waals surface area contributed by atoms with Crippen LogP contribution < -0.4 is 0 Å². The Balaban J connectivity index is 2.34. The predicted octanol–water partition coefficient (Wildman–Crippen LogP) is 2.31. The van der Waals surface area contributed by atoms with Crippen molar-refractivity contribution in [2.45, 2.75) is 18.9 Å². The summed E-state index contributed by atoms with van der Waals surface area (Å²) in [6.45, 7) is 0.255. The maximum atomic E-state index is 13.1. The third-order valence-corrected chi connectivity index (χ3v) is 3.35. The van der Waals surface area contributed by atoms with Crippen LogP contribution in [0, 0.1) is 11.6 Å². The van der Waals surface area contributed by atoms with Gasteiger partial charge in [-0.05, 0) is 25.0 Å². The molecule has 1 heterocycles. The molecule has 0 bridgehead atoms. The molecule has 0 aliphatic carbocycles. The van der Waals surface area contributed by atoms with Crippen molar-refractivity contribution in [2.24, 2.45) is 0 Å². The largest absolute Gasteiger partial charge is 0.480 e. The molecule has 0 radical (unpaired) electrons. The van der Waals surface area contributed by atoms with Gasteiger partial charge in [0, 0.05) is 6.54 Å². The lowest BCUT2D eigenvalue weighted by atomic mass is 10.1. The van der Waals surface area contributed by atoms with Crippen LogP contribution in [0.3, 0.4) is 0 Å². The number of hydrogen-bond donors (Lipinski definition) is 1. The smallest absolute Gasteiger partial charge is 0.326 e. The zero-order chi connectivity index (χ0) is 14.2. The van der Waals surface area contributed by atoms with Crippen molar-refractivity contribution < 1.29 is 23.5 Å². The highest BCUT2D eigenvalue weighted by Crippen LogP contribution is 2.25. The molecule has 1 unspecified atom stereocenters. The summed E-state index contributed by atoms with van der Waals surface area (Å²) in [7, 11) is 0. The van der Waals surface area contributed by atoms with E-state index in [0.29, 0.717) is 25.0 Å². The Morgan fingerprint density at radius 1 is 1.32 bits per heavy atom. The van der Waals surface area contributed by atoms with Crippen molar-refractivity contribution in [1.29, 1.82) is 0 Å².